The van der Waals surface area contributed by atoms with Crippen LogP contribution in [0.4, 0.5) is 0 Å². The van der Waals surface area contributed by atoms with Gasteiger partial charge in [-0.3, -0.25) is 9.59 Å². The van der Waals surface area contributed by atoms with Gasteiger partial charge in [-0.15, -0.1) is 0 Å². The van der Waals surface area contributed by atoms with Crippen molar-refractivity contribution >= 4 is 16.8 Å². The first kappa shape index (κ1) is 14.3. The van der Waals surface area contributed by atoms with Crippen molar-refractivity contribution in [3.8, 4) is 11.4 Å². The van der Waals surface area contributed by atoms with Crippen molar-refractivity contribution in [2.75, 3.05) is 6.61 Å². The molecule has 0 amide bonds. The predicted octanol–water partition coefficient (Wildman–Crippen LogP) is 2.32. The van der Waals surface area contributed by atoms with Crippen LogP contribution in [0.15, 0.2) is 35.1 Å². The van der Waals surface area contributed by atoms with Gasteiger partial charge >= 0.3 is 0 Å². The Kier molecular flexibility index (Phi) is 4.20. The summed E-state index contributed by atoms with van der Waals surface area (Å²) in [5, 5.41) is 3.13. The van der Waals surface area contributed by atoms with Crippen LogP contribution in [-0.4, -0.2) is 21.6 Å². The molecule has 6 heteroatoms. The summed E-state index contributed by atoms with van der Waals surface area (Å²) in [6, 6.07) is 8.50. The largest absolute Gasteiger partial charge is 0.494 e. The van der Waals surface area contributed by atoms with Crippen LogP contribution in [0.25, 0.3) is 5.69 Å². The Morgan fingerprint density at radius 3 is 2.55 bits per heavy atom. The Morgan fingerprint density at radius 1 is 1.35 bits per heavy atom. The molecule has 0 aliphatic carbocycles. The van der Waals surface area contributed by atoms with E-state index in [1.807, 2.05) is 6.92 Å². The average Bonchev–Trinajstić information content (AvgIpc) is 2.40. The van der Waals surface area contributed by atoms with E-state index in [4.69, 9.17) is 16.3 Å². The monoisotopic (exact) mass is 292 g/mol. The van der Waals surface area contributed by atoms with Gasteiger partial charge in [0.1, 0.15) is 5.75 Å². The quantitative estimate of drug-likeness (QED) is 0.811. The van der Waals surface area contributed by atoms with E-state index >= 15 is 0 Å². The first-order chi connectivity index (χ1) is 9.52. The number of benzene rings is 1. The number of carbonyl (C=O) groups excluding carboxylic acids is 1. The second kappa shape index (κ2) is 5.88. The van der Waals surface area contributed by atoms with Crippen molar-refractivity contribution in [3.05, 3.63) is 51.9 Å². The number of hydrogen-bond donors (Lipinski definition) is 0. The zero-order valence-corrected chi connectivity index (χ0v) is 11.8. The maximum absolute atomic E-state index is 11.6. The highest BCUT2D eigenvalue weighted by molar-refractivity contribution is 6.67. The van der Waals surface area contributed by atoms with Crippen LogP contribution in [0.5, 0.6) is 5.75 Å². The third-order valence-corrected chi connectivity index (χ3v) is 2.86. The zero-order valence-electron chi connectivity index (χ0n) is 11.1. The SMILES string of the molecule is CCOc1ccc(-n2nc(C(=O)Cl)c(=O)cc2C)cc1. The van der Waals surface area contributed by atoms with E-state index in [-0.39, 0.29) is 5.69 Å². The number of carbonyl (C=O) groups is 1. The minimum atomic E-state index is -0.866. The lowest BCUT2D eigenvalue weighted by Crippen LogP contribution is -2.20. The molecule has 0 spiro atoms. The number of aromatic nitrogens is 2. The number of aryl methyl sites for hydroxylation is 1. The molecule has 0 saturated heterocycles. The molecule has 0 radical (unpaired) electrons. The van der Waals surface area contributed by atoms with Gasteiger partial charge in [-0.05, 0) is 49.7 Å². The fraction of sp³-hybridized carbons (Fsp3) is 0.214. The summed E-state index contributed by atoms with van der Waals surface area (Å²) in [7, 11) is 0. The van der Waals surface area contributed by atoms with E-state index in [1.54, 1.807) is 31.2 Å². The maximum Gasteiger partial charge on any atom is 0.276 e. The minimum Gasteiger partial charge on any atom is -0.494 e. The Hall–Kier alpha value is -2.14. The van der Waals surface area contributed by atoms with E-state index in [2.05, 4.69) is 5.10 Å². The molecule has 0 atom stereocenters. The normalized spacial score (nSPS) is 10.3. The second-order valence-electron chi connectivity index (χ2n) is 4.11. The van der Waals surface area contributed by atoms with Gasteiger partial charge in [-0.25, -0.2) is 4.68 Å². The van der Waals surface area contributed by atoms with E-state index in [0.717, 1.165) is 5.75 Å². The predicted molar refractivity (Wildman–Crippen MR) is 75.9 cm³/mol. The Labute approximate surface area is 120 Å². The van der Waals surface area contributed by atoms with Gasteiger partial charge in [-0.1, -0.05) is 0 Å². The molecule has 2 aromatic rings. The van der Waals surface area contributed by atoms with Crippen molar-refractivity contribution < 1.29 is 9.53 Å². The Balaban J connectivity index is 2.49. The summed E-state index contributed by atoms with van der Waals surface area (Å²) in [4.78, 5) is 22.8. The molecule has 0 bridgehead atoms. The van der Waals surface area contributed by atoms with E-state index in [9.17, 15) is 9.59 Å². The van der Waals surface area contributed by atoms with Crippen molar-refractivity contribution in [1.29, 1.82) is 0 Å². The lowest BCUT2D eigenvalue weighted by Gasteiger charge is -2.11. The third-order valence-electron chi connectivity index (χ3n) is 2.69. The number of nitrogens with zero attached hydrogens (tertiary/aromatic N) is 2. The van der Waals surface area contributed by atoms with Gasteiger partial charge in [0.05, 0.1) is 12.3 Å². The molecular formula is C14H13ClN2O3. The molecular weight excluding hydrogens is 280 g/mol. The van der Waals surface area contributed by atoms with E-state index < -0.39 is 10.7 Å². The summed E-state index contributed by atoms with van der Waals surface area (Å²) < 4.78 is 6.85. The van der Waals surface area contributed by atoms with Gasteiger partial charge < -0.3 is 4.74 Å². The van der Waals surface area contributed by atoms with Gasteiger partial charge in [0.15, 0.2) is 5.69 Å². The molecule has 20 heavy (non-hydrogen) atoms. The molecule has 1 heterocycles. The molecule has 0 fully saturated rings. The van der Waals surface area contributed by atoms with Crippen LogP contribution in [0.2, 0.25) is 0 Å². The minimum absolute atomic E-state index is 0.286. The van der Waals surface area contributed by atoms with Gasteiger partial charge in [0.25, 0.3) is 5.24 Å². The van der Waals surface area contributed by atoms with Crippen LogP contribution < -0.4 is 10.2 Å². The van der Waals surface area contributed by atoms with Crippen LogP contribution in [0, 0.1) is 6.92 Å². The van der Waals surface area contributed by atoms with Crippen molar-refractivity contribution in [1.82, 2.24) is 9.78 Å². The topological polar surface area (TPSA) is 61.2 Å². The lowest BCUT2D eigenvalue weighted by atomic mass is 10.2. The average molecular weight is 293 g/mol. The van der Waals surface area contributed by atoms with Crippen molar-refractivity contribution in [2.24, 2.45) is 0 Å². The summed E-state index contributed by atoms with van der Waals surface area (Å²) in [6.07, 6.45) is 0. The highest BCUT2D eigenvalue weighted by atomic mass is 35.5. The molecule has 0 unspecified atom stereocenters. The molecule has 104 valence electrons. The molecule has 0 N–H and O–H groups in total. The first-order valence-corrected chi connectivity index (χ1v) is 6.44. The molecule has 0 aliphatic heterocycles. The lowest BCUT2D eigenvalue weighted by molar-refractivity contribution is 0.107. The summed E-state index contributed by atoms with van der Waals surface area (Å²) in [6.45, 7) is 4.21. The number of rotatable bonds is 4. The first-order valence-electron chi connectivity index (χ1n) is 6.07. The summed E-state index contributed by atoms with van der Waals surface area (Å²) in [5.74, 6) is 0.739. The van der Waals surface area contributed by atoms with E-state index in [1.165, 1.54) is 10.7 Å². The number of hydrogen-bond acceptors (Lipinski definition) is 4. The number of ether oxygens (including phenoxy) is 1. The summed E-state index contributed by atoms with van der Waals surface area (Å²) >= 11 is 5.35. The maximum atomic E-state index is 11.6. The highest BCUT2D eigenvalue weighted by Crippen LogP contribution is 2.15. The molecule has 5 nitrogen and oxygen atoms in total. The summed E-state index contributed by atoms with van der Waals surface area (Å²) in [5.41, 5.74) is 0.557. The molecule has 0 aliphatic rings. The fourth-order valence-corrected chi connectivity index (χ4v) is 1.93. The Bertz CT molecular complexity index is 693. The van der Waals surface area contributed by atoms with Gasteiger partial charge in [0.2, 0.25) is 5.43 Å². The van der Waals surface area contributed by atoms with Crippen LogP contribution in [0.1, 0.15) is 23.1 Å². The highest BCUT2D eigenvalue weighted by Gasteiger charge is 2.12. The number of halogens is 1. The van der Waals surface area contributed by atoms with Gasteiger partial charge in [-0.2, -0.15) is 5.10 Å². The van der Waals surface area contributed by atoms with Crippen molar-refractivity contribution in [3.63, 3.8) is 0 Å². The van der Waals surface area contributed by atoms with Gasteiger partial charge in [0, 0.05) is 11.8 Å². The third kappa shape index (κ3) is 2.88. The zero-order chi connectivity index (χ0) is 14.7. The van der Waals surface area contributed by atoms with Crippen LogP contribution in [-0.2, 0) is 0 Å². The van der Waals surface area contributed by atoms with Crippen LogP contribution in [0.3, 0.4) is 0 Å². The van der Waals surface area contributed by atoms with Crippen molar-refractivity contribution in [2.45, 2.75) is 13.8 Å². The molecule has 1 aromatic heterocycles. The second-order valence-corrected chi connectivity index (χ2v) is 4.45. The molecule has 1 aromatic carbocycles. The fourth-order valence-electron chi connectivity index (χ4n) is 1.80. The Morgan fingerprint density at radius 2 is 2.00 bits per heavy atom. The molecule has 2 rings (SSSR count). The standard InChI is InChI=1S/C14H13ClN2O3/c1-3-20-11-6-4-10(5-7-11)17-9(2)8-12(18)13(16-17)14(15)19/h4-8H,3H2,1-2H3. The van der Waals surface area contributed by atoms with Crippen LogP contribution >= 0.6 is 11.6 Å². The molecule has 0 saturated carbocycles. The van der Waals surface area contributed by atoms with E-state index in [0.29, 0.717) is 18.0 Å². The smallest absolute Gasteiger partial charge is 0.276 e.